The molecule has 0 unspecified atom stereocenters. The predicted molar refractivity (Wildman–Crippen MR) is 65.7 cm³/mol. The van der Waals surface area contributed by atoms with Gasteiger partial charge in [-0.1, -0.05) is 0 Å². The number of hydrogen-bond donors (Lipinski definition) is 1. The number of alkyl halides is 3. The Balaban J connectivity index is 3.49. The minimum Gasteiger partial charge on any atom is -0.340 e. The number of urea groups is 1. The molecule has 0 atom stereocenters. The summed E-state index contributed by atoms with van der Waals surface area (Å²) in [5, 5.41) is 12.7. The summed E-state index contributed by atoms with van der Waals surface area (Å²) in [6, 6.07) is 0.917. The lowest BCUT2D eigenvalue weighted by Gasteiger charge is -2.19. The lowest BCUT2D eigenvalue weighted by atomic mass is 10.1. The predicted octanol–water partition coefficient (Wildman–Crippen LogP) is 2.31. The van der Waals surface area contributed by atoms with Gasteiger partial charge < -0.3 is 5.32 Å². The molecule has 21 heavy (non-hydrogen) atoms. The van der Waals surface area contributed by atoms with Gasteiger partial charge in [0, 0.05) is 20.0 Å². The number of rotatable bonds is 2. The van der Waals surface area contributed by atoms with E-state index in [9.17, 15) is 32.9 Å². The number of imide groups is 1. The van der Waals surface area contributed by atoms with Crippen molar-refractivity contribution in [3.05, 3.63) is 33.9 Å². The number of nitrogens with one attached hydrogen (secondary N) is 1. The van der Waals surface area contributed by atoms with Crippen molar-refractivity contribution in [2.45, 2.75) is 13.1 Å². The fraction of sp³-hybridized carbons (Fsp3) is 0.273. The Hall–Kier alpha value is -2.65. The number of nitrogens with zero attached hydrogens (tertiary/aromatic N) is 2. The van der Waals surface area contributed by atoms with Crippen LogP contribution in [0.4, 0.5) is 29.3 Å². The Bertz CT molecular complexity index is 601. The van der Waals surface area contributed by atoms with E-state index in [1.807, 2.05) is 0 Å². The van der Waals surface area contributed by atoms with Gasteiger partial charge in [-0.3, -0.25) is 14.9 Å². The summed E-state index contributed by atoms with van der Waals surface area (Å²) in [5.74, 6) is -0.837. The molecule has 0 heterocycles. The van der Waals surface area contributed by atoms with Crippen LogP contribution in [0.1, 0.15) is 12.5 Å². The van der Waals surface area contributed by atoms with Crippen LogP contribution in [-0.2, 0) is 11.0 Å². The Labute approximate surface area is 116 Å². The number of hydrogen-bond acceptors (Lipinski definition) is 4. The molecule has 0 aliphatic heterocycles. The first-order valence-electron chi connectivity index (χ1n) is 5.47. The molecule has 1 aromatic rings. The zero-order valence-corrected chi connectivity index (χ0v) is 10.9. The van der Waals surface area contributed by atoms with Crippen LogP contribution >= 0.6 is 0 Å². The van der Waals surface area contributed by atoms with Crippen LogP contribution in [0, 0.1) is 10.1 Å². The van der Waals surface area contributed by atoms with Crippen LogP contribution in [-0.4, -0.2) is 23.9 Å². The van der Waals surface area contributed by atoms with Crippen molar-refractivity contribution in [2.75, 3.05) is 11.9 Å². The van der Waals surface area contributed by atoms with E-state index in [0.717, 1.165) is 13.0 Å². The van der Waals surface area contributed by atoms with Gasteiger partial charge in [-0.05, 0) is 12.1 Å². The maximum atomic E-state index is 12.8. The first kappa shape index (κ1) is 16.4. The summed E-state index contributed by atoms with van der Waals surface area (Å²) in [6.07, 6.45) is -5.00. The van der Waals surface area contributed by atoms with Crippen molar-refractivity contribution in [1.29, 1.82) is 0 Å². The highest BCUT2D eigenvalue weighted by Gasteiger charge is 2.39. The van der Waals surface area contributed by atoms with Crippen molar-refractivity contribution in [3.8, 4) is 0 Å². The van der Waals surface area contributed by atoms with Gasteiger partial charge in [-0.25, -0.2) is 9.69 Å². The third kappa shape index (κ3) is 3.46. The monoisotopic (exact) mass is 305 g/mol. The minimum absolute atomic E-state index is 0.384. The second-order valence-electron chi connectivity index (χ2n) is 3.87. The van der Waals surface area contributed by atoms with Crippen molar-refractivity contribution in [1.82, 2.24) is 5.32 Å². The van der Waals surface area contributed by atoms with E-state index >= 15 is 0 Å². The highest BCUT2D eigenvalue weighted by molar-refractivity contribution is 6.13. The number of benzene rings is 1. The molecule has 0 saturated heterocycles. The van der Waals surface area contributed by atoms with Gasteiger partial charge in [-0.15, -0.1) is 0 Å². The van der Waals surface area contributed by atoms with Crippen molar-refractivity contribution >= 4 is 23.3 Å². The summed E-state index contributed by atoms with van der Waals surface area (Å²) < 4.78 is 38.5. The zero-order valence-electron chi connectivity index (χ0n) is 10.9. The molecule has 114 valence electrons. The molecular formula is C11H10F3N3O4. The summed E-state index contributed by atoms with van der Waals surface area (Å²) in [7, 11) is 1.19. The quantitative estimate of drug-likeness (QED) is 0.670. The summed E-state index contributed by atoms with van der Waals surface area (Å²) in [6.45, 7) is 0.976. The van der Waals surface area contributed by atoms with E-state index in [2.05, 4.69) is 5.32 Å². The van der Waals surface area contributed by atoms with Crippen LogP contribution in [0.25, 0.3) is 0 Å². The third-order valence-corrected chi connectivity index (χ3v) is 2.47. The molecule has 0 bridgehead atoms. The molecule has 0 spiro atoms. The van der Waals surface area contributed by atoms with Crippen molar-refractivity contribution in [2.24, 2.45) is 0 Å². The van der Waals surface area contributed by atoms with Crippen molar-refractivity contribution in [3.63, 3.8) is 0 Å². The van der Waals surface area contributed by atoms with E-state index in [1.54, 1.807) is 0 Å². The number of halogens is 3. The molecule has 10 heteroatoms. The molecule has 0 radical (unpaired) electrons. The lowest BCUT2D eigenvalue weighted by molar-refractivity contribution is -0.388. The fourth-order valence-electron chi connectivity index (χ4n) is 1.60. The molecule has 0 aliphatic rings. The van der Waals surface area contributed by atoms with Gasteiger partial charge in [0.25, 0.3) is 5.69 Å². The highest BCUT2D eigenvalue weighted by Crippen LogP contribution is 2.38. The van der Waals surface area contributed by atoms with E-state index in [-0.39, 0.29) is 0 Å². The Morgan fingerprint density at radius 1 is 1.33 bits per heavy atom. The number of carbonyl (C=O) groups excluding carboxylic acids is 2. The van der Waals surface area contributed by atoms with Crippen molar-refractivity contribution < 1.29 is 27.7 Å². The Morgan fingerprint density at radius 3 is 2.29 bits per heavy atom. The van der Waals surface area contributed by atoms with E-state index in [0.29, 0.717) is 17.0 Å². The lowest BCUT2D eigenvalue weighted by Crippen LogP contribution is -2.41. The largest absolute Gasteiger partial charge is 0.423 e. The fourth-order valence-corrected chi connectivity index (χ4v) is 1.60. The van der Waals surface area contributed by atoms with Gasteiger partial charge in [0.2, 0.25) is 5.91 Å². The normalized spacial score (nSPS) is 10.9. The minimum atomic E-state index is -5.00. The highest BCUT2D eigenvalue weighted by atomic mass is 19.4. The number of carbonyl (C=O) groups is 2. The third-order valence-electron chi connectivity index (χ3n) is 2.47. The molecule has 3 amide bonds. The molecule has 7 nitrogen and oxygen atoms in total. The van der Waals surface area contributed by atoms with E-state index < -0.39 is 40.0 Å². The maximum Gasteiger partial charge on any atom is 0.423 e. The molecule has 1 N–H and O–H groups in total. The maximum absolute atomic E-state index is 12.8. The van der Waals surface area contributed by atoms with Crippen LogP contribution in [0.5, 0.6) is 0 Å². The average Bonchev–Trinajstić information content (AvgIpc) is 2.36. The van der Waals surface area contributed by atoms with Crippen LogP contribution in [0.2, 0.25) is 0 Å². The zero-order chi connectivity index (χ0) is 16.4. The van der Waals surface area contributed by atoms with Gasteiger partial charge in [0.05, 0.1) is 10.6 Å². The Kier molecular flexibility index (Phi) is 4.51. The second-order valence-corrected chi connectivity index (χ2v) is 3.87. The summed E-state index contributed by atoms with van der Waals surface area (Å²) in [5.41, 5.74) is -3.12. The average molecular weight is 305 g/mol. The van der Waals surface area contributed by atoms with Crippen LogP contribution in [0.15, 0.2) is 18.2 Å². The van der Waals surface area contributed by atoms with Gasteiger partial charge in [0.1, 0.15) is 5.56 Å². The second kappa shape index (κ2) is 5.77. The standard InChI is InChI=1S/C11H10F3N3O4/c1-6(18)16(10(19)15-2)7-3-4-9(17(20)21)8(5-7)11(12,13)14/h3-5H,1-2H3,(H,15,19). The van der Waals surface area contributed by atoms with Gasteiger partial charge in [0.15, 0.2) is 0 Å². The van der Waals surface area contributed by atoms with E-state index in [4.69, 9.17) is 0 Å². The molecule has 1 rings (SSSR count). The van der Waals surface area contributed by atoms with Gasteiger partial charge >= 0.3 is 12.2 Å². The number of nitro groups is 1. The topological polar surface area (TPSA) is 92.6 Å². The van der Waals surface area contributed by atoms with E-state index in [1.165, 1.54) is 7.05 Å². The molecule has 0 saturated carbocycles. The first-order chi connectivity index (χ1) is 9.59. The molecule has 0 aliphatic carbocycles. The molecule has 1 aromatic carbocycles. The smallest absolute Gasteiger partial charge is 0.340 e. The SMILES string of the molecule is CNC(=O)N(C(C)=O)c1ccc([N+](=O)[O-])c(C(F)(F)F)c1. The van der Waals surface area contributed by atoms with Gasteiger partial charge in [-0.2, -0.15) is 13.2 Å². The molecule has 0 aromatic heterocycles. The summed E-state index contributed by atoms with van der Waals surface area (Å²) >= 11 is 0. The summed E-state index contributed by atoms with van der Waals surface area (Å²) in [4.78, 5) is 32.8. The first-order valence-corrected chi connectivity index (χ1v) is 5.47. The molecular weight excluding hydrogens is 295 g/mol. The number of amides is 3. The number of nitro benzene ring substituents is 1. The molecule has 0 fully saturated rings. The van der Waals surface area contributed by atoms with Crippen LogP contribution in [0.3, 0.4) is 0 Å². The Morgan fingerprint density at radius 2 is 1.90 bits per heavy atom. The van der Waals surface area contributed by atoms with Crippen LogP contribution < -0.4 is 10.2 Å². The number of anilines is 1.